The van der Waals surface area contributed by atoms with Crippen molar-refractivity contribution in [3.8, 4) is 0 Å². The second-order valence-corrected chi connectivity index (χ2v) is 6.23. The van der Waals surface area contributed by atoms with Crippen molar-refractivity contribution in [3.63, 3.8) is 0 Å². The molecule has 0 saturated heterocycles. The van der Waals surface area contributed by atoms with Gasteiger partial charge in [-0.15, -0.1) is 0 Å². The Labute approximate surface area is 109 Å². The van der Waals surface area contributed by atoms with Crippen molar-refractivity contribution < 1.29 is 10.0 Å². The van der Waals surface area contributed by atoms with Gasteiger partial charge in [-0.25, -0.2) is 0 Å². The van der Waals surface area contributed by atoms with Crippen LogP contribution in [-0.4, -0.2) is 34.9 Å². The van der Waals surface area contributed by atoms with E-state index >= 15 is 0 Å². The molecule has 104 valence electrons. The van der Waals surface area contributed by atoms with Gasteiger partial charge in [-0.2, -0.15) is 0 Å². The van der Waals surface area contributed by atoms with Gasteiger partial charge in [0, 0.05) is 12.5 Å². The van der Waals surface area contributed by atoms with Crippen LogP contribution < -0.4 is 5.73 Å². The third kappa shape index (κ3) is 2.31. The number of nitrogens with zero attached hydrogens (tertiary/aromatic N) is 2. The number of amidine groups is 1. The predicted octanol–water partition coefficient (Wildman–Crippen LogP) is 1.65. The summed E-state index contributed by atoms with van der Waals surface area (Å²) in [7, 11) is 0. The minimum absolute atomic E-state index is 0.0151. The van der Waals surface area contributed by atoms with Gasteiger partial charge in [0.1, 0.15) is 0 Å². The first-order valence-electron chi connectivity index (χ1n) is 6.45. The van der Waals surface area contributed by atoms with E-state index in [1.165, 1.54) is 0 Å². The Morgan fingerprint density at radius 1 is 1.33 bits per heavy atom. The zero-order valence-corrected chi connectivity index (χ0v) is 12.0. The average Bonchev–Trinajstić information content (AvgIpc) is 2.68. The summed E-state index contributed by atoms with van der Waals surface area (Å²) < 4.78 is 0. The molecule has 5 heteroatoms. The lowest BCUT2D eigenvalue weighted by molar-refractivity contribution is -0.133. The maximum absolute atomic E-state index is 12.5. The Morgan fingerprint density at radius 2 is 1.83 bits per heavy atom. The standard InChI is InChI=1S/C13H25N3O2/c1-6-7-16(8-9(14)15-18)11(17)10-12(2,3)13(10,4)5/h10,18H,6-8H2,1-5H3,(H2,14,15). The molecule has 1 rings (SSSR count). The number of amides is 1. The van der Waals surface area contributed by atoms with E-state index in [4.69, 9.17) is 10.9 Å². The fraction of sp³-hybridized carbons (Fsp3) is 0.846. The molecule has 0 bridgehead atoms. The van der Waals surface area contributed by atoms with Crippen LogP contribution >= 0.6 is 0 Å². The Bertz CT molecular complexity index is 347. The Hall–Kier alpha value is -1.26. The minimum atomic E-state index is 0.0151. The number of carbonyl (C=O) groups excluding carboxylic acids is 1. The minimum Gasteiger partial charge on any atom is -0.409 e. The molecule has 1 saturated carbocycles. The molecule has 1 aliphatic carbocycles. The molecule has 1 aliphatic rings. The third-order valence-corrected chi connectivity index (χ3v) is 4.55. The van der Waals surface area contributed by atoms with Crippen LogP contribution in [0.1, 0.15) is 41.0 Å². The van der Waals surface area contributed by atoms with Crippen molar-refractivity contribution in [2.24, 2.45) is 27.6 Å². The first-order valence-corrected chi connectivity index (χ1v) is 6.45. The number of hydrogen-bond acceptors (Lipinski definition) is 3. The number of rotatable bonds is 5. The van der Waals surface area contributed by atoms with Crippen LogP contribution in [0.4, 0.5) is 0 Å². The van der Waals surface area contributed by atoms with Gasteiger partial charge >= 0.3 is 0 Å². The van der Waals surface area contributed by atoms with Gasteiger partial charge in [-0.1, -0.05) is 39.8 Å². The maximum Gasteiger partial charge on any atom is 0.227 e. The molecule has 0 aromatic rings. The molecule has 0 aromatic carbocycles. The summed E-state index contributed by atoms with van der Waals surface area (Å²) in [5, 5.41) is 11.6. The summed E-state index contributed by atoms with van der Waals surface area (Å²) in [5.74, 6) is 0.203. The summed E-state index contributed by atoms with van der Waals surface area (Å²) in [6, 6.07) is 0. The molecule has 0 radical (unpaired) electrons. The van der Waals surface area contributed by atoms with Crippen LogP contribution in [0.15, 0.2) is 5.16 Å². The zero-order valence-electron chi connectivity index (χ0n) is 12.0. The van der Waals surface area contributed by atoms with Crippen LogP contribution in [0.2, 0.25) is 0 Å². The van der Waals surface area contributed by atoms with Gasteiger partial charge in [0.05, 0.1) is 6.54 Å². The van der Waals surface area contributed by atoms with Crippen LogP contribution in [0.25, 0.3) is 0 Å². The average molecular weight is 255 g/mol. The van der Waals surface area contributed by atoms with Crippen molar-refractivity contribution in [2.75, 3.05) is 13.1 Å². The van der Waals surface area contributed by atoms with E-state index in [2.05, 4.69) is 32.9 Å². The van der Waals surface area contributed by atoms with Gasteiger partial charge in [-0.05, 0) is 17.3 Å². The summed E-state index contributed by atoms with van der Waals surface area (Å²) in [6.45, 7) is 11.3. The molecule has 3 N–H and O–H groups in total. The van der Waals surface area contributed by atoms with Crippen molar-refractivity contribution >= 4 is 11.7 Å². The molecule has 1 amide bonds. The highest BCUT2D eigenvalue weighted by Gasteiger charge is 2.68. The van der Waals surface area contributed by atoms with Crippen LogP contribution in [0, 0.1) is 16.7 Å². The van der Waals surface area contributed by atoms with Gasteiger partial charge in [0.15, 0.2) is 5.84 Å². The fourth-order valence-electron chi connectivity index (χ4n) is 2.76. The van der Waals surface area contributed by atoms with Crippen molar-refractivity contribution in [1.82, 2.24) is 4.90 Å². The van der Waals surface area contributed by atoms with E-state index < -0.39 is 0 Å². The molecule has 0 atom stereocenters. The largest absolute Gasteiger partial charge is 0.409 e. The predicted molar refractivity (Wildman–Crippen MR) is 71.3 cm³/mol. The van der Waals surface area contributed by atoms with E-state index in [0.29, 0.717) is 6.54 Å². The molecule has 0 heterocycles. The van der Waals surface area contributed by atoms with Crippen molar-refractivity contribution in [2.45, 2.75) is 41.0 Å². The highest BCUT2D eigenvalue weighted by atomic mass is 16.4. The van der Waals surface area contributed by atoms with Crippen molar-refractivity contribution in [1.29, 1.82) is 0 Å². The number of nitrogens with two attached hydrogens (primary N) is 1. The quantitative estimate of drug-likeness (QED) is 0.339. The topological polar surface area (TPSA) is 78.9 Å². The molecule has 1 fully saturated rings. The Morgan fingerprint density at radius 3 is 2.17 bits per heavy atom. The summed E-state index contributed by atoms with van der Waals surface area (Å²) in [5.41, 5.74) is 5.53. The number of oxime groups is 1. The molecule has 0 aliphatic heterocycles. The van der Waals surface area contributed by atoms with E-state index in [0.717, 1.165) is 6.42 Å². The molecule has 0 spiro atoms. The maximum atomic E-state index is 12.5. The van der Waals surface area contributed by atoms with E-state index in [1.54, 1.807) is 4.90 Å². The van der Waals surface area contributed by atoms with Crippen LogP contribution in [0.5, 0.6) is 0 Å². The lowest BCUT2D eigenvalue weighted by atomic mass is 10.0. The first-order chi connectivity index (χ1) is 8.20. The molecule has 0 aromatic heterocycles. The molecule has 5 nitrogen and oxygen atoms in total. The lowest BCUT2D eigenvalue weighted by Crippen LogP contribution is -2.40. The third-order valence-electron chi connectivity index (χ3n) is 4.55. The van der Waals surface area contributed by atoms with Gasteiger partial charge in [-0.3, -0.25) is 4.79 Å². The highest BCUT2D eigenvalue weighted by molar-refractivity contribution is 5.90. The fourth-order valence-corrected chi connectivity index (χ4v) is 2.76. The van der Waals surface area contributed by atoms with Gasteiger partial charge in [0.2, 0.25) is 5.91 Å². The first kappa shape index (κ1) is 14.8. The van der Waals surface area contributed by atoms with Crippen LogP contribution in [0.3, 0.4) is 0 Å². The van der Waals surface area contributed by atoms with E-state index in [9.17, 15) is 4.79 Å². The monoisotopic (exact) mass is 255 g/mol. The SMILES string of the molecule is CCCN(CC(N)=NO)C(=O)C1C(C)(C)C1(C)C. The smallest absolute Gasteiger partial charge is 0.227 e. The number of hydrogen-bond donors (Lipinski definition) is 2. The second-order valence-electron chi connectivity index (χ2n) is 6.23. The molecule has 0 unspecified atom stereocenters. The molecular weight excluding hydrogens is 230 g/mol. The van der Waals surface area contributed by atoms with E-state index in [1.807, 2.05) is 6.92 Å². The van der Waals surface area contributed by atoms with Gasteiger partial charge in [0.25, 0.3) is 0 Å². The zero-order chi connectivity index (χ0) is 14.1. The normalized spacial score (nSPS) is 21.7. The highest BCUT2D eigenvalue weighted by Crippen LogP contribution is 2.68. The van der Waals surface area contributed by atoms with E-state index in [-0.39, 0.29) is 35.0 Å². The lowest BCUT2D eigenvalue weighted by Gasteiger charge is -2.22. The molecule has 18 heavy (non-hydrogen) atoms. The summed E-state index contributed by atoms with van der Waals surface area (Å²) >= 11 is 0. The summed E-state index contributed by atoms with van der Waals surface area (Å²) in [4.78, 5) is 14.2. The van der Waals surface area contributed by atoms with Gasteiger partial charge < -0.3 is 15.8 Å². The number of carbonyl (C=O) groups is 1. The molecular formula is C13H25N3O2. The van der Waals surface area contributed by atoms with Crippen LogP contribution in [-0.2, 0) is 4.79 Å². The Kier molecular flexibility index (Phi) is 3.93. The Balaban J connectivity index is 2.80. The van der Waals surface area contributed by atoms with Crippen molar-refractivity contribution in [3.05, 3.63) is 0 Å². The second kappa shape index (κ2) is 4.78. The summed E-state index contributed by atoms with van der Waals surface area (Å²) in [6.07, 6.45) is 0.859.